The van der Waals surface area contributed by atoms with E-state index >= 15 is 0 Å². The van der Waals surface area contributed by atoms with Gasteiger partial charge in [0.15, 0.2) is 0 Å². The van der Waals surface area contributed by atoms with Crippen LogP contribution in [0.15, 0.2) is 41.6 Å². The number of thioether (sulfide) groups is 1. The van der Waals surface area contributed by atoms with E-state index in [9.17, 15) is 9.59 Å². The molecule has 1 saturated heterocycles. The van der Waals surface area contributed by atoms with Gasteiger partial charge < -0.3 is 14.7 Å². The van der Waals surface area contributed by atoms with Crippen molar-refractivity contribution in [3.8, 4) is 0 Å². The SMILES string of the molecule is CC(Sc1ccccc1C(=O)N1CCOC(c2cnn(C)c2)C1)C(=O)O. The van der Waals surface area contributed by atoms with Crippen LogP contribution in [0.25, 0.3) is 0 Å². The lowest BCUT2D eigenvalue weighted by Crippen LogP contribution is -2.42. The van der Waals surface area contributed by atoms with Crippen LogP contribution in [0, 0.1) is 0 Å². The Labute approximate surface area is 155 Å². The number of aryl methyl sites for hydroxylation is 1. The Balaban J connectivity index is 1.77. The van der Waals surface area contributed by atoms with E-state index in [4.69, 9.17) is 9.84 Å². The Morgan fingerprint density at radius 3 is 2.85 bits per heavy atom. The smallest absolute Gasteiger partial charge is 0.316 e. The summed E-state index contributed by atoms with van der Waals surface area (Å²) in [5.41, 5.74) is 1.46. The van der Waals surface area contributed by atoms with Gasteiger partial charge in [0.05, 0.1) is 24.9 Å². The third kappa shape index (κ3) is 4.08. The number of nitrogens with zero attached hydrogens (tertiary/aromatic N) is 3. The van der Waals surface area contributed by atoms with Crippen LogP contribution in [0.2, 0.25) is 0 Å². The first-order valence-corrected chi connectivity index (χ1v) is 9.21. The van der Waals surface area contributed by atoms with Crippen molar-refractivity contribution in [2.75, 3.05) is 19.7 Å². The van der Waals surface area contributed by atoms with Crippen molar-refractivity contribution in [3.05, 3.63) is 47.8 Å². The molecule has 1 N–H and O–H groups in total. The maximum absolute atomic E-state index is 13.0. The number of carboxylic acid groups (broad SMARTS) is 1. The van der Waals surface area contributed by atoms with Gasteiger partial charge in [0.2, 0.25) is 0 Å². The van der Waals surface area contributed by atoms with Crippen LogP contribution in [0.1, 0.15) is 28.9 Å². The van der Waals surface area contributed by atoms with E-state index in [2.05, 4.69) is 5.10 Å². The number of carbonyl (C=O) groups is 2. The molecular formula is C18H21N3O4S. The highest BCUT2D eigenvalue weighted by Crippen LogP contribution is 2.29. The molecule has 8 heteroatoms. The van der Waals surface area contributed by atoms with E-state index in [1.165, 1.54) is 11.8 Å². The standard InChI is InChI=1S/C18H21N3O4S/c1-12(18(23)24)26-16-6-4-3-5-14(16)17(22)21-7-8-25-15(11-21)13-9-19-20(2)10-13/h3-6,9-10,12,15H,7-8,11H2,1-2H3,(H,23,24). The van der Waals surface area contributed by atoms with E-state index in [-0.39, 0.29) is 12.0 Å². The van der Waals surface area contributed by atoms with Gasteiger partial charge in [-0.05, 0) is 19.1 Å². The quantitative estimate of drug-likeness (QED) is 0.807. The molecule has 2 heterocycles. The molecule has 2 aromatic rings. The number of rotatable bonds is 5. The maximum atomic E-state index is 13.0. The monoisotopic (exact) mass is 375 g/mol. The Kier molecular flexibility index (Phi) is 5.63. The molecule has 7 nitrogen and oxygen atoms in total. The Morgan fingerprint density at radius 1 is 1.38 bits per heavy atom. The lowest BCUT2D eigenvalue weighted by molar-refractivity contribution is -0.136. The third-order valence-electron chi connectivity index (χ3n) is 4.22. The average Bonchev–Trinajstić information content (AvgIpc) is 3.08. The van der Waals surface area contributed by atoms with Crippen LogP contribution in [0.5, 0.6) is 0 Å². The molecule has 0 radical (unpaired) electrons. The fourth-order valence-electron chi connectivity index (χ4n) is 2.80. The summed E-state index contributed by atoms with van der Waals surface area (Å²) in [4.78, 5) is 26.6. The van der Waals surface area contributed by atoms with E-state index in [1.54, 1.807) is 40.9 Å². The van der Waals surface area contributed by atoms with Crippen molar-refractivity contribution in [3.63, 3.8) is 0 Å². The molecule has 1 aromatic heterocycles. The molecule has 0 bridgehead atoms. The lowest BCUT2D eigenvalue weighted by Gasteiger charge is -2.33. The Morgan fingerprint density at radius 2 is 2.15 bits per heavy atom. The predicted molar refractivity (Wildman–Crippen MR) is 97.2 cm³/mol. The summed E-state index contributed by atoms with van der Waals surface area (Å²) in [7, 11) is 1.84. The van der Waals surface area contributed by atoms with Gasteiger partial charge >= 0.3 is 5.97 Å². The third-order valence-corrected chi connectivity index (χ3v) is 5.38. The summed E-state index contributed by atoms with van der Waals surface area (Å²) in [6.45, 7) is 3.01. The van der Waals surface area contributed by atoms with Gasteiger partial charge in [-0.15, -0.1) is 11.8 Å². The molecule has 26 heavy (non-hydrogen) atoms. The van der Waals surface area contributed by atoms with E-state index < -0.39 is 11.2 Å². The highest BCUT2D eigenvalue weighted by atomic mass is 32.2. The molecule has 1 aliphatic heterocycles. The Bertz CT molecular complexity index is 807. The van der Waals surface area contributed by atoms with Crippen molar-refractivity contribution in [2.45, 2.75) is 23.2 Å². The molecule has 138 valence electrons. The number of hydrogen-bond acceptors (Lipinski definition) is 5. The minimum atomic E-state index is -0.903. The van der Waals surface area contributed by atoms with Crippen LogP contribution < -0.4 is 0 Å². The van der Waals surface area contributed by atoms with Gasteiger partial charge in [0, 0.05) is 30.2 Å². The van der Waals surface area contributed by atoms with Crippen LogP contribution in [0.3, 0.4) is 0 Å². The molecule has 3 rings (SSSR count). The molecule has 0 saturated carbocycles. The number of carboxylic acids is 1. The van der Waals surface area contributed by atoms with Crippen LogP contribution in [-0.2, 0) is 16.6 Å². The summed E-state index contributed by atoms with van der Waals surface area (Å²) >= 11 is 1.18. The van der Waals surface area contributed by atoms with Gasteiger partial charge in [-0.3, -0.25) is 14.3 Å². The number of ether oxygens (including phenoxy) is 1. The van der Waals surface area contributed by atoms with Gasteiger partial charge in [-0.2, -0.15) is 5.10 Å². The van der Waals surface area contributed by atoms with E-state index in [1.807, 2.05) is 19.3 Å². The minimum absolute atomic E-state index is 0.108. The highest BCUT2D eigenvalue weighted by Gasteiger charge is 2.28. The summed E-state index contributed by atoms with van der Waals surface area (Å²) < 4.78 is 7.50. The van der Waals surface area contributed by atoms with Crippen molar-refractivity contribution in [1.82, 2.24) is 14.7 Å². The number of carbonyl (C=O) groups excluding carboxylic acids is 1. The number of morpholine rings is 1. The molecular weight excluding hydrogens is 354 g/mol. The second kappa shape index (κ2) is 7.92. The fourth-order valence-corrected chi connectivity index (χ4v) is 3.72. The molecule has 0 spiro atoms. The topological polar surface area (TPSA) is 84.7 Å². The molecule has 0 aliphatic carbocycles. The van der Waals surface area contributed by atoms with Crippen molar-refractivity contribution < 1.29 is 19.4 Å². The van der Waals surface area contributed by atoms with Gasteiger partial charge in [0.1, 0.15) is 11.4 Å². The maximum Gasteiger partial charge on any atom is 0.316 e. The second-order valence-electron chi connectivity index (χ2n) is 6.15. The van der Waals surface area contributed by atoms with Gasteiger partial charge in [-0.25, -0.2) is 0 Å². The summed E-state index contributed by atoms with van der Waals surface area (Å²) in [6, 6.07) is 7.14. The first-order valence-electron chi connectivity index (χ1n) is 8.33. The number of hydrogen-bond donors (Lipinski definition) is 1. The summed E-state index contributed by atoms with van der Waals surface area (Å²) in [6.07, 6.45) is 3.42. The summed E-state index contributed by atoms with van der Waals surface area (Å²) in [5.74, 6) is -1.01. The van der Waals surface area contributed by atoms with Gasteiger partial charge in [0.25, 0.3) is 5.91 Å². The first-order chi connectivity index (χ1) is 12.5. The molecule has 1 aromatic carbocycles. The minimum Gasteiger partial charge on any atom is -0.480 e. The zero-order chi connectivity index (χ0) is 18.7. The van der Waals surface area contributed by atoms with Crippen LogP contribution in [-0.4, -0.2) is 56.6 Å². The van der Waals surface area contributed by atoms with Crippen molar-refractivity contribution in [1.29, 1.82) is 0 Å². The first kappa shape index (κ1) is 18.5. The zero-order valence-corrected chi connectivity index (χ0v) is 15.5. The number of aromatic nitrogens is 2. The Hall–Kier alpha value is -2.32. The molecule has 1 aliphatic rings. The normalized spacial score (nSPS) is 18.5. The number of amides is 1. The van der Waals surface area contributed by atoms with Crippen LogP contribution >= 0.6 is 11.8 Å². The van der Waals surface area contributed by atoms with Crippen molar-refractivity contribution >= 4 is 23.6 Å². The highest BCUT2D eigenvalue weighted by molar-refractivity contribution is 8.00. The molecule has 1 fully saturated rings. The molecule has 2 atom stereocenters. The second-order valence-corrected chi connectivity index (χ2v) is 7.54. The van der Waals surface area contributed by atoms with Crippen molar-refractivity contribution in [2.24, 2.45) is 7.05 Å². The number of benzene rings is 1. The number of aliphatic carboxylic acids is 1. The zero-order valence-electron chi connectivity index (χ0n) is 14.7. The largest absolute Gasteiger partial charge is 0.480 e. The van der Waals surface area contributed by atoms with Crippen LogP contribution in [0.4, 0.5) is 0 Å². The fraction of sp³-hybridized carbons (Fsp3) is 0.389. The molecule has 2 unspecified atom stereocenters. The van der Waals surface area contributed by atoms with E-state index in [0.717, 1.165) is 5.56 Å². The molecule has 1 amide bonds. The average molecular weight is 375 g/mol. The lowest BCUT2D eigenvalue weighted by atomic mass is 10.1. The summed E-state index contributed by atoms with van der Waals surface area (Å²) in [5, 5.41) is 12.7. The van der Waals surface area contributed by atoms with Gasteiger partial charge in [-0.1, -0.05) is 12.1 Å². The van der Waals surface area contributed by atoms with E-state index in [0.29, 0.717) is 30.2 Å². The predicted octanol–water partition coefficient (Wildman–Crippen LogP) is 2.20.